The Balaban J connectivity index is 1.94. The van der Waals surface area contributed by atoms with Crippen molar-refractivity contribution in [3.05, 3.63) is 28.3 Å². The minimum Gasteiger partial charge on any atom is -0.482 e. The highest BCUT2D eigenvalue weighted by atomic mass is 35.5. The molecule has 3 amide bonds. The molecule has 1 aromatic rings. The van der Waals surface area contributed by atoms with Crippen LogP contribution in [0.5, 0.6) is 5.75 Å². The fourth-order valence-corrected chi connectivity index (χ4v) is 3.41. The molecule has 140 valence electrons. The molecule has 0 bridgehead atoms. The summed E-state index contributed by atoms with van der Waals surface area (Å²) in [5, 5.41) is 2.96. The van der Waals surface area contributed by atoms with Crippen LogP contribution in [0.1, 0.15) is 25.7 Å². The van der Waals surface area contributed by atoms with Gasteiger partial charge in [-0.25, -0.2) is 0 Å². The Morgan fingerprint density at radius 2 is 2.00 bits per heavy atom. The van der Waals surface area contributed by atoms with Gasteiger partial charge in [0.1, 0.15) is 5.75 Å². The number of hydrogen-bond donors (Lipinski definition) is 2. The molecule has 27 heavy (non-hydrogen) atoms. The average Bonchev–Trinajstić information content (AvgIpc) is 2.65. The van der Waals surface area contributed by atoms with Gasteiger partial charge < -0.3 is 15.8 Å². The van der Waals surface area contributed by atoms with Gasteiger partial charge in [-0.15, -0.1) is 6.42 Å². The second-order valence-electron chi connectivity index (χ2n) is 6.26. The van der Waals surface area contributed by atoms with Crippen LogP contribution in [0.3, 0.4) is 0 Å². The quantitative estimate of drug-likeness (QED) is 0.771. The summed E-state index contributed by atoms with van der Waals surface area (Å²) in [7, 11) is 0. The summed E-state index contributed by atoms with van der Waals surface area (Å²) in [4.78, 5) is 37.7. The largest absolute Gasteiger partial charge is 0.482 e. The Kier molecular flexibility index (Phi) is 5.38. The number of nitrogens with zero attached hydrogens (tertiary/aromatic N) is 1. The minimum absolute atomic E-state index is 0.0706. The number of halogens is 1. The van der Waals surface area contributed by atoms with Gasteiger partial charge in [0, 0.05) is 17.2 Å². The SMILES string of the molecule is C#CCN1C(=O)COc2cc(Cl)c(NC(=O)C3=C(C(N)=O)CCCC3)cc21. The first-order valence-electron chi connectivity index (χ1n) is 8.45. The lowest BCUT2D eigenvalue weighted by Crippen LogP contribution is -2.39. The number of anilines is 2. The third-order valence-corrected chi connectivity index (χ3v) is 4.84. The highest BCUT2D eigenvalue weighted by Crippen LogP contribution is 2.39. The van der Waals surface area contributed by atoms with Crippen molar-refractivity contribution in [1.29, 1.82) is 0 Å². The Hall–Kier alpha value is -2.98. The first kappa shape index (κ1) is 18.8. The molecular formula is C19H18ClN3O4. The summed E-state index contributed by atoms with van der Waals surface area (Å²) in [6.07, 6.45) is 7.90. The van der Waals surface area contributed by atoms with E-state index in [2.05, 4.69) is 11.2 Å². The van der Waals surface area contributed by atoms with Crippen LogP contribution < -0.4 is 20.7 Å². The number of carbonyl (C=O) groups is 3. The highest BCUT2D eigenvalue weighted by molar-refractivity contribution is 6.34. The topological polar surface area (TPSA) is 102 Å². The van der Waals surface area contributed by atoms with Gasteiger partial charge in [-0.2, -0.15) is 0 Å². The number of hydrogen-bond acceptors (Lipinski definition) is 4. The summed E-state index contributed by atoms with van der Waals surface area (Å²) in [5.74, 6) is 1.52. The lowest BCUT2D eigenvalue weighted by molar-refractivity contribution is -0.121. The smallest absolute Gasteiger partial charge is 0.265 e. The lowest BCUT2D eigenvalue weighted by atomic mass is 9.90. The van der Waals surface area contributed by atoms with Crippen LogP contribution in [0.4, 0.5) is 11.4 Å². The van der Waals surface area contributed by atoms with E-state index in [9.17, 15) is 14.4 Å². The van der Waals surface area contributed by atoms with Gasteiger partial charge in [-0.3, -0.25) is 19.3 Å². The average molecular weight is 388 g/mol. The first-order chi connectivity index (χ1) is 12.9. The predicted molar refractivity (Wildman–Crippen MR) is 101 cm³/mol. The number of primary amides is 1. The van der Waals surface area contributed by atoms with Gasteiger partial charge in [0.2, 0.25) is 5.91 Å². The van der Waals surface area contributed by atoms with E-state index in [0.29, 0.717) is 41.1 Å². The molecule has 0 fully saturated rings. The van der Waals surface area contributed by atoms with Crippen molar-refractivity contribution in [2.75, 3.05) is 23.4 Å². The van der Waals surface area contributed by atoms with Crippen LogP contribution in [0.25, 0.3) is 0 Å². The predicted octanol–water partition coefficient (Wildman–Crippen LogP) is 1.99. The number of nitrogens with two attached hydrogens (primary N) is 1. The molecule has 1 heterocycles. The number of nitrogens with one attached hydrogen (secondary N) is 1. The molecule has 3 N–H and O–H groups in total. The summed E-state index contributed by atoms with van der Waals surface area (Å²) in [6, 6.07) is 3.06. The summed E-state index contributed by atoms with van der Waals surface area (Å²) in [5.41, 5.74) is 6.83. The third-order valence-electron chi connectivity index (χ3n) is 4.53. The molecule has 0 spiro atoms. The molecule has 7 nitrogen and oxygen atoms in total. The molecule has 0 aromatic heterocycles. The zero-order valence-electron chi connectivity index (χ0n) is 14.5. The number of amides is 3. The van der Waals surface area contributed by atoms with E-state index >= 15 is 0 Å². The second-order valence-corrected chi connectivity index (χ2v) is 6.66. The molecule has 8 heteroatoms. The molecule has 0 saturated carbocycles. The molecule has 0 atom stereocenters. The number of benzene rings is 1. The van der Waals surface area contributed by atoms with E-state index in [1.807, 2.05) is 0 Å². The van der Waals surface area contributed by atoms with Crippen molar-refractivity contribution < 1.29 is 19.1 Å². The Labute approximate surface area is 161 Å². The van der Waals surface area contributed by atoms with E-state index in [0.717, 1.165) is 12.8 Å². The Bertz CT molecular complexity index is 901. The molecule has 0 radical (unpaired) electrons. The fraction of sp³-hybridized carbons (Fsp3) is 0.316. The van der Waals surface area contributed by atoms with Gasteiger partial charge in [0.05, 0.1) is 22.9 Å². The zero-order valence-corrected chi connectivity index (χ0v) is 15.3. The van der Waals surface area contributed by atoms with Crippen LogP contribution in [0, 0.1) is 12.3 Å². The molecule has 1 aromatic carbocycles. The normalized spacial score (nSPS) is 16.3. The van der Waals surface area contributed by atoms with Crippen LogP contribution in [-0.2, 0) is 14.4 Å². The Morgan fingerprint density at radius 1 is 1.30 bits per heavy atom. The van der Waals surface area contributed by atoms with Crippen molar-refractivity contribution in [3.8, 4) is 18.1 Å². The van der Waals surface area contributed by atoms with Gasteiger partial charge in [0.25, 0.3) is 11.8 Å². The zero-order chi connectivity index (χ0) is 19.6. The van der Waals surface area contributed by atoms with Crippen LogP contribution in [0.15, 0.2) is 23.3 Å². The number of carbonyl (C=O) groups excluding carboxylic acids is 3. The van der Waals surface area contributed by atoms with Crippen molar-refractivity contribution in [2.45, 2.75) is 25.7 Å². The fourth-order valence-electron chi connectivity index (χ4n) is 3.21. The van der Waals surface area contributed by atoms with Crippen molar-refractivity contribution in [1.82, 2.24) is 0 Å². The van der Waals surface area contributed by atoms with Crippen LogP contribution in [0.2, 0.25) is 5.02 Å². The minimum atomic E-state index is -0.587. The summed E-state index contributed by atoms with van der Waals surface area (Å²) in [6.45, 7) is -0.0627. The van der Waals surface area contributed by atoms with E-state index in [-0.39, 0.29) is 24.1 Å². The molecular weight excluding hydrogens is 370 g/mol. The van der Waals surface area contributed by atoms with Crippen LogP contribution >= 0.6 is 11.6 Å². The number of rotatable bonds is 4. The molecule has 3 rings (SSSR count). The molecule has 1 aliphatic heterocycles. The number of ether oxygens (including phenoxy) is 1. The van der Waals surface area contributed by atoms with E-state index in [1.165, 1.54) is 17.0 Å². The van der Waals surface area contributed by atoms with Crippen molar-refractivity contribution in [3.63, 3.8) is 0 Å². The molecule has 0 saturated heterocycles. The molecule has 1 aliphatic carbocycles. The van der Waals surface area contributed by atoms with Gasteiger partial charge in [-0.1, -0.05) is 17.5 Å². The summed E-state index contributed by atoms with van der Waals surface area (Å²) < 4.78 is 5.39. The maximum atomic E-state index is 12.7. The third kappa shape index (κ3) is 3.76. The van der Waals surface area contributed by atoms with Crippen LogP contribution in [-0.4, -0.2) is 30.9 Å². The van der Waals surface area contributed by atoms with Gasteiger partial charge in [-0.05, 0) is 31.7 Å². The second kappa shape index (κ2) is 7.72. The first-order valence-corrected chi connectivity index (χ1v) is 8.83. The van der Waals surface area contributed by atoms with Crippen molar-refractivity contribution >= 4 is 40.7 Å². The van der Waals surface area contributed by atoms with Gasteiger partial charge >= 0.3 is 0 Å². The maximum absolute atomic E-state index is 12.7. The van der Waals surface area contributed by atoms with E-state index < -0.39 is 11.8 Å². The standard InChI is InChI=1S/C19H18ClN3O4/c1-2-7-23-15-9-14(13(20)8-16(15)27-10-17(23)24)22-19(26)12-6-4-3-5-11(12)18(21)25/h1,8-9H,3-7,10H2,(H2,21,25)(H,22,26). The molecule has 2 aliphatic rings. The lowest BCUT2D eigenvalue weighted by Gasteiger charge is -2.28. The molecule has 0 unspecified atom stereocenters. The highest BCUT2D eigenvalue weighted by Gasteiger charge is 2.28. The number of fused-ring (bicyclic) bond motifs is 1. The van der Waals surface area contributed by atoms with E-state index in [1.54, 1.807) is 0 Å². The Morgan fingerprint density at radius 3 is 2.67 bits per heavy atom. The maximum Gasteiger partial charge on any atom is 0.265 e. The number of terminal acetylenes is 1. The van der Waals surface area contributed by atoms with Gasteiger partial charge in [0.15, 0.2) is 6.61 Å². The monoisotopic (exact) mass is 387 g/mol. The van der Waals surface area contributed by atoms with E-state index in [4.69, 9.17) is 28.5 Å². The van der Waals surface area contributed by atoms with Crippen molar-refractivity contribution in [2.24, 2.45) is 5.73 Å². The summed E-state index contributed by atoms with van der Waals surface area (Å²) >= 11 is 6.26.